The zero-order valence-electron chi connectivity index (χ0n) is 49.8. The molecule has 4 aliphatic carbocycles. The Morgan fingerprint density at radius 1 is 0.207 bits per heavy atom. The van der Waals surface area contributed by atoms with E-state index in [1.165, 1.54) is 89.0 Å². The standard InChI is InChI=1S/C88H52N4/c1-3-19-62-53(17-1)45-47-89-82(62)55-33-35-57(36-34-55)84-73-50-61(59-41-43-70-68-25-9-15-31-78(68)87(80(70)51-59)74-27-11-5-21-64(74)65-22-6-12-28-75(65)87)49-72(85(73)92-86(91-84)58-39-37-56(38-40-58)83-63-20-4-2-18-54(63)46-48-90-83)60-42-44-71-69-26-10-16-32-79(69)88(81(71)52-60)76-29-13-7-23-66(76)67-24-8-14-30-77(67)88/h1-52H. The van der Waals surface area contributed by atoms with Crippen molar-refractivity contribution < 1.29 is 0 Å². The first-order chi connectivity index (χ1) is 45.6. The number of hydrogen-bond acceptors (Lipinski definition) is 4. The molecule has 0 bridgehead atoms. The molecule has 0 fully saturated rings. The van der Waals surface area contributed by atoms with E-state index in [9.17, 15) is 0 Å². The third kappa shape index (κ3) is 6.95. The Kier molecular flexibility index (Phi) is 10.7. The van der Waals surface area contributed by atoms with Gasteiger partial charge in [-0.1, -0.05) is 267 Å². The topological polar surface area (TPSA) is 51.6 Å². The van der Waals surface area contributed by atoms with Crippen LogP contribution in [0, 0.1) is 0 Å². The van der Waals surface area contributed by atoms with Gasteiger partial charge in [-0.05, 0) is 153 Å². The highest BCUT2D eigenvalue weighted by molar-refractivity contribution is 6.07. The molecule has 3 aromatic heterocycles. The van der Waals surface area contributed by atoms with Crippen LogP contribution in [-0.4, -0.2) is 19.9 Å². The first kappa shape index (κ1) is 51.0. The van der Waals surface area contributed by atoms with Crippen molar-refractivity contribution in [2.75, 3.05) is 0 Å². The largest absolute Gasteiger partial charge is 0.256 e. The van der Waals surface area contributed by atoms with Gasteiger partial charge < -0.3 is 0 Å². The molecule has 0 saturated carbocycles. The van der Waals surface area contributed by atoms with Crippen LogP contribution in [0.4, 0.5) is 0 Å². The summed E-state index contributed by atoms with van der Waals surface area (Å²) in [4.78, 5) is 21.5. The molecule has 4 aliphatic rings. The van der Waals surface area contributed by atoms with Gasteiger partial charge in [0.25, 0.3) is 0 Å². The lowest BCUT2D eigenvalue weighted by molar-refractivity contribution is 0.794. The van der Waals surface area contributed by atoms with Crippen molar-refractivity contribution in [3.8, 4) is 112 Å². The van der Waals surface area contributed by atoms with E-state index < -0.39 is 10.8 Å². The Bertz CT molecular complexity index is 5700. The molecule has 0 amide bonds. The van der Waals surface area contributed by atoms with Crippen LogP contribution in [0.25, 0.3) is 144 Å². The molecule has 13 aromatic carbocycles. The van der Waals surface area contributed by atoms with E-state index in [1.54, 1.807) is 0 Å². The molecule has 3 heterocycles. The van der Waals surface area contributed by atoms with Crippen LogP contribution in [0.1, 0.15) is 44.5 Å². The van der Waals surface area contributed by atoms with Crippen LogP contribution < -0.4 is 0 Å². The molecule has 2 spiro atoms. The first-order valence-corrected chi connectivity index (χ1v) is 31.7. The molecule has 0 atom stereocenters. The van der Waals surface area contributed by atoms with E-state index in [4.69, 9.17) is 19.9 Å². The van der Waals surface area contributed by atoms with Crippen molar-refractivity contribution >= 4 is 32.4 Å². The van der Waals surface area contributed by atoms with Gasteiger partial charge in [0, 0.05) is 56.4 Å². The monoisotopic (exact) mass is 1160 g/mol. The number of fused-ring (bicyclic) bond motifs is 23. The molecular weight excluding hydrogens is 1110 g/mol. The molecule has 0 unspecified atom stereocenters. The molecule has 20 rings (SSSR count). The average molecular weight is 1170 g/mol. The Balaban J connectivity index is 0.860. The molecule has 424 valence electrons. The fraction of sp³-hybridized carbons (Fsp3) is 0.0227. The van der Waals surface area contributed by atoms with E-state index in [-0.39, 0.29) is 0 Å². The molecule has 4 nitrogen and oxygen atoms in total. The third-order valence-corrected chi connectivity index (χ3v) is 20.6. The van der Waals surface area contributed by atoms with Gasteiger partial charge >= 0.3 is 0 Å². The number of nitrogens with zero attached hydrogens (tertiary/aromatic N) is 4. The summed E-state index contributed by atoms with van der Waals surface area (Å²) in [6.45, 7) is 0. The summed E-state index contributed by atoms with van der Waals surface area (Å²) in [5.41, 5.74) is 31.4. The van der Waals surface area contributed by atoms with Gasteiger partial charge in [-0.15, -0.1) is 0 Å². The van der Waals surface area contributed by atoms with E-state index in [0.717, 1.165) is 94.0 Å². The van der Waals surface area contributed by atoms with Crippen LogP contribution in [-0.2, 0) is 10.8 Å². The lowest BCUT2D eigenvalue weighted by atomic mass is 9.70. The first-order valence-electron chi connectivity index (χ1n) is 31.7. The molecule has 0 aliphatic heterocycles. The summed E-state index contributed by atoms with van der Waals surface area (Å²) in [5, 5.41) is 5.49. The van der Waals surface area contributed by atoms with Gasteiger partial charge in [0.1, 0.15) is 0 Å². The smallest absolute Gasteiger partial charge is 0.160 e. The van der Waals surface area contributed by atoms with E-state index in [1.807, 2.05) is 12.4 Å². The van der Waals surface area contributed by atoms with Crippen molar-refractivity contribution in [3.05, 3.63) is 360 Å². The Labute approximate surface area is 532 Å². The summed E-state index contributed by atoms with van der Waals surface area (Å²) in [5.74, 6) is 0.637. The fourth-order valence-electron chi connectivity index (χ4n) is 16.8. The Morgan fingerprint density at radius 2 is 0.554 bits per heavy atom. The van der Waals surface area contributed by atoms with Gasteiger partial charge in [0.15, 0.2) is 5.82 Å². The predicted molar refractivity (Wildman–Crippen MR) is 375 cm³/mol. The van der Waals surface area contributed by atoms with Gasteiger partial charge in [0.2, 0.25) is 0 Å². The van der Waals surface area contributed by atoms with Crippen molar-refractivity contribution in [1.29, 1.82) is 0 Å². The highest BCUT2D eigenvalue weighted by atomic mass is 14.9. The van der Waals surface area contributed by atoms with Gasteiger partial charge in [-0.2, -0.15) is 0 Å². The Morgan fingerprint density at radius 3 is 1.00 bits per heavy atom. The number of pyridine rings is 2. The number of benzene rings is 13. The summed E-state index contributed by atoms with van der Waals surface area (Å²) in [7, 11) is 0. The highest BCUT2D eigenvalue weighted by Crippen LogP contribution is 2.65. The molecule has 92 heavy (non-hydrogen) atoms. The summed E-state index contributed by atoms with van der Waals surface area (Å²) < 4.78 is 0. The summed E-state index contributed by atoms with van der Waals surface area (Å²) >= 11 is 0. The Hall–Kier alpha value is -12.0. The van der Waals surface area contributed by atoms with Crippen LogP contribution in [0.5, 0.6) is 0 Å². The lowest BCUT2D eigenvalue weighted by Crippen LogP contribution is -2.25. The second-order valence-corrected chi connectivity index (χ2v) is 25.0. The quantitative estimate of drug-likeness (QED) is 0.166. The number of hydrogen-bond donors (Lipinski definition) is 0. The molecule has 0 N–H and O–H groups in total. The van der Waals surface area contributed by atoms with Crippen LogP contribution in [0.15, 0.2) is 316 Å². The second-order valence-electron chi connectivity index (χ2n) is 25.0. The fourth-order valence-corrected chi connectivity index (χ4v) is 16.8. The molecule has 0 saturated heterocycles. The van der Waals surface area contributed by atoms with E-state index in [2.05, 4.69) is 303 Å². The van der Waals surface area contributed by atoms with Crippen molar-refractivity contribution in [1.82, 2.24) is 19.9 Å². The van der Waals surface area contributed by atoms with E-state index >= 15 is 0 Å². The molecule has 4 heteroatoms. The second kappa shape index (κ2) is 19.3. The van der Waals surface area contributed by atoms with Gasteiger partial charge in [0.05, 0.1) is 33.4 Å². The van der Waals surface area contributed by atoms with E-state index in [0.29, 0.717) is 5.82 Å². The zero-order valence-corrected chi connectivity index (χ0v) is 49.8. The van der Waals surface area contributed by atoms with Crippen LogP contribution in [0.2, 0.25) is 0 Å². The minimum absolute atomic E-state index is 0.519. The van der Waals surface area contributed by atoms with Crippen molar-refractivity contribution in [2.24, 2.45) is 0 Å². The molecule has 0 radical (unpaired) electrons. The number of aromatic nitrogens is 4. The average Bonchev–Trinajstić information content (AvgIpc) is 1.52. The van der Waals surface area contributed by atoms with Crippen molar-refractivity contribution in [3.63, 3.8) is 0 Å². The van der Waals surface area contributed by atoms with Crippen LogP contribution >= 0.6 is 0 Å². The SMILES string of the molecule is c1ccc2c(c1)-c1ccccc1C21c2ccccc2-c2ccc(-c3cc(-c4ccc5c(c4)C4(c6ccccc6-c6ccccc64)c4ccccc4-5)c4nc(-c5ccc(-c6nccc7ccccc67)cc5)nc(-c5ccc(-c6nccc7ccccc67)cc5)c4c3)cc21. The van der Waals surface area contributed by atoms with Crippen LogP contribution in [0.3, 0.4) is 0 Å². The van der Waals surface area contributed by atoms with Gasteiger partial charge in [-0.25, -0.2) is 9.97 Å². The minimum Gasteiger partial charge on any atom is -0.256 e. The molecular formula is C88H52N4. The predicted octanol–water partition coefficient (Wildman–Crippen LogP) is 21.4. The highest BCUT2D eigenvalue weighted by Gasteiger charge is 2.53. The maximum Gasteiger partial charge on any atom is 0.160 e. The summed E-state index contributed by atoms with van der Waals surface area (Å²) in [6.07, 6.45) is 3.81. The third-order valence-electron chi connectivity index (χ3n) is 20.6. The maximum absolute atomic E-state index is 5.84. The minimum atomic E-state index is -0.549. The zero-order chi connectivity index (χ0) is 60.2. The molecule has 16 aromatic rings. The number of rotatable bonds is 6. The van der Waals surface area contributed by atoms with Crippen molar-refractivity contribution in [2.45, 2.75) is 10.8 Å². The maximum atomic E-state index is 5.84. The lowest BCUT2D eigenvalue weighted by Gasteiger charge is -2.31. The normalized spacial score (nSPS) is 13.6. The summed E-state index contributed by atoms with van der Waals surface area (Å²) in [6, 6.07) is 112. The van der Waals surface area contributed by atoms with Gasteiger partial charge in [-0.3, -0.25) is 9.97 Å².